The van der Waals surface area contributed by atoms with E-state index in [1.807, 2.05) is 0 Å². The summed E-state index contributed by atoms with van der Waals surface area (Å²) in [5, 5.41) is 4.13. The lowest BCUT2D eigenvalue weighted by Crippen LogP contribution is -2.05. The van der Waals surface area contributed by atoms with Crippen LogP contribution in [0.15, 0.2) is 51.9 Å². The topological polar surface area (TPSA) is 56.0 Å². The zero-order chi connectivity index (χ0) is 19.6. The van der Waals surface area contributed by atoms with E-state index in [1.165, 1.54) is 36.0 Å². The molecule has 1 aromatic heterocycles. The van der Waals surface area contributed by atoms with Crippen molar-refractivity contribution < 1.29 is 22.5 Å². The third-order valence-electron chi connectivity index (χ3n) is 3.39. The fourth-order valence-corrected chi connectivity index (χ4v) is 3.25. The highest BCUT2D eigenvalue weighted by Crippen LogP contribution is 2.30. The van der Waals surface area contributed by atoms with Gasteiger partial charge in [0.05, 0.1) is 15.8 Å². The summed E-state index contributed by atoms with van der Waals surface area (Å²) in [5.74, 6) is -1.61. The van der Waals surface area contributed by atoms with Crippen molar-refractivity contribution >= 4 is 40.7 Å². The van der Waals surface area contributed by atoms with E-state index >= 15 is 0 Å². The summed E-state index contributed by atoms with van der Waals surface area (Å²) in [7, 11) is 0. The SMILES string of the molecule is O=C(CSc1ccc(Cl)c(Cl)c1)c1ccc(-c2noc(C(F)(F)F)n2)cc1. The zero-order valence-electron chi connectivity index (χ0n) is 13.3. The van der Waals surface area contributed by atoms with E-state index in [0.717, 1.165) is 4.90 Å². The van der Waals surface area contributed by atoms with Crippen LogP contribution in [0.5, 0.6) is 0 Å². The molecule has 0 amide bonds. The number of alkyl halides is 3. The molecule has 0 saturated heterocycles. The molecular weight excluding hydrogens is 424 g/mol. The van der Waals surface area contributed by atoms with Crippen molar-refractivity contribution in [3.63, 3.8) is 0 Å². The van der Waals surface area contributed by atoms with E-state index < -0.39 is 12.1 Å². The van der Waals surface area contributed by atoms with Gasteiger partial charge in [0.1, 0.15) is 0 Å². The lowest BCUT2D eigenvalue weighted by Gasteiger charge is -2.04. The lowest BCUT2D eigenvalue weighted by atomic mass is 10.1. The average molecular weight is 433 g/mol. The van der Waals surface area contributed by atoms with E-state index in [2.05, 4.69) is 14.7 Å². The Morgan fingerprint density at radius 1 is 1.07 bits per heavy atom. The lowest BCUT2D eigenvalue weighted by molar-refractivity contribution is -0.159. The Kier molecular flexibility index (Phi) is 5.78. The van der Waals surface area contributed by atoms with Crippen molar-refractivity contribution in [2.75, 3.05) is 5.75 Å². The van der Waals surface area contributed by atoms with Gasteiger partial charge in [-0.15, -0.1) is 11.8 Å². The minimum atomic E-state index is -4.71. The smallest absolute Gasteiger partial charge is 0.329 e. The zero-order valence-corrected chi connectivity index (χ0v) is 15.6. The normalized spacial score (nSPS) is 11.6. The second-order valence-electron chi connectivity index (χ2n) is 5.29. The van der Waals surface area contributed by atoms with Crippen LogP contribution in [0, 0.1) is 0 Å². The molecule has 0 bridgehead atoms. The molecular formula is C17H9Cl2F3N2O2S. The Hall–Kier alpha value is -2.03. The Morgan fingerprint density at radius 3 is 2.37 bits per heavy atom. The molecule has 0 N–H and O–H groups in total. The summed E-state index contributed by atoms with van der Waals surface area (Å²) in [6, 6.07) is 11.0. The van der Waals surface area contributed by atoms with Gasteiger partial charge in [-0.2, -0.15) is 18.2 Å². The van der Waals surface area contributed by atoms with Gasteiger partial charge < -0.3 is 4.52 Å². The molecule has 1 heterocycles. The number of halogens is 5. The van der Waals surface area contributed by atoms with Crippen molar-refractivity contribution in [2.24, 2.45) is 0 Å². The molecule has 0 aliphatic heterocycles. The molecule has 140 valence electrons. The Labute approximate surface area is 165 Å². The fraction of sp³-hybridized carbons (Fsp3) is 0.118. The number of carbonyl (C=O) groups is 1. The van der Waals surface area contributed by atoms with Gasteiger partial charge in [-0.1, -0.05) is 52.6 Å². The molecule has 10 heteroatoms. The molecule has 0 fully saturated rings. The summed E-state index contributed by atoms with van der Waals surface area (Å²) < 4.78 is 41.7. The minimum absolute atomic E-state index is 0.151. The van der Waals surface area contributed by atoms with Gasteiger partial charge >= 0.3 is 12.1 Å². The number of benzene rings is 2. The first kappa shape index (κ1) is 19.7. The predicted molar refractivity (Wildman–Crippen MR) is 96.3 cm³/mol. The highest BCUT2D eigenvalue weighted by Gasteiger charge is 2.38. The number of carbonyl (C=O) groups excluding carboxylic acids is 1. The van der Waals surface area contributed by atoms with Gasteiger partial charge in [-0.3, -0.25) is 4.79 Å². The molecule has 0 saturated carbocycles. The monoisotopic (exact) mass is 432 g/mol. The molecule has 0 aliphatic carbocycles. The van der Waals surface area contributed by atoms with Crippen LogP contribution in [0.2, 0.25) is 10.0 Å². The van der Waals surface area contributed by atoms with Gasteiger partial charge in [0, 0.05) is 16.0 Å². The molecule has 2 aromatic carbocycles. The minimum Gasteiger partial charge on any atom is -0.329 e. The second kappa shape index (κ2) is 7.92. The molecule has 3 aromatic rings. The van der Waals surface area contributed by atoms with Gasteiger partial charge in [0.2, 0.25) is 5.82 Å². The van der Waals surface area contributed by atoms with Crippen molar-refractivity contribution in [1.82, 2.24) is 10.1 Å². The number of hydrogen-bond acceptors (Lipinski definition) is 5. The molecule has 0 radical (unpaired) electrons. The first-order valence-corrected chi connectivity index (χ1v) is 9.10. The third kappa shape index (κ3) is 4.82. The Morgan fingerprint density at radius 2 is 1.78 bits per heavy atom. The Balaban J connectivity index is 1.66. The average Bonchev–Trinajstić information content (AvgIpc) is 3.13. The Bertz CT molecular complexity index is 975. The van der Waals surface area contributed by atoms with E-state index in [0.29, 0.717) is 21.2 Å². The van der Waals surface area contributed by atoms with Crippen molar-refractivity contribution in [2.45, 2.75) is 11.1 Å². The molecule has 0 aliphatic rings. The number of hydrogen-bond donors (Lipinski definition) is 0. The number of Topliss-reactive ketones (excluding diaryl/α,β-unsaturated/α-hetero) is 1. The number of aromatic nitrogens is 2. The van der Waals surface area contributed by atoms with Crippen LogP contribution in [-0.4, -0.2) is 21.7 Å². The van der Waals surface area contributed by atoms with Crippen molar-refractivity contribution in [3.8, 4) is 11.4 Å². The highest BCUT2D eigenvalue weighted by molar-refractivity contribution is 8.00. The van der Waals surface area contributed by atoms with Crippen molar-refractivity contribution in [3.05, 3.63) is 64.0 Å². The second-order valence-corrected chi connectivity index (χ2v) is 7.15. The standard InChI is InChI=1S/C17H9Cl2F3N2O2S/c18-12-6-5-11(7-13(12)19)27-8-14(25)9-1-3-10(4-2-9)15-23-16(26-24-15)17(20,21)22/h1-7H,8H2. The van der Waals surface area contributed by atoms with Crippen LogP contribution in [0.1, 0.15) is 16.2 Å². The summed E-state index contributed by atoms with van der Waals surface area (Å²) >= 11 is 13.1. The first-order chi connectivity index (χ1) is 12.7. The molecule has 0 unspecified atom stereocenters. The highest BCUT2D eigenvalue weighted by atomic mass is 35.5. The number of nitrogens with zero attached hydrogens (tertiary/aromatic N) is 2. The fourth-order valence-electron chi connectivity index (χ4n) is 2.06. The number of ketones is 1. The van der Waals surface area contributed by atoms with Crippen LogP contribution in [0.4, 0.5) is 13.2 Å². The van der Waals surface area contributed by atoms with E-state index in [9.17, 15) is 18.0 Å². The van der Waals surface area contributed by atoms with E-state index in [4.69, 9.17) is 23.2 Å². The summed E-state index contributed by atoms with van der Waals surface area (Å²) in [6.07, 6.45) is -4.71. The van der Waals surface area contributed by atoms with Crippen LogP contribution in [-0.2, 0) is 6.18 Å². The number of thioether (sulfide) groups is 1. The van der Waals surface area contributed by atoms with Crippen LogP contribution in [0.3, 0.4) is 0 Å². The quantitative estimate of drug-likeness (QED) is 0.363. The maximum absolute atomic E-state index is 12.5. The van der Waals surface area contributed by atoms with Gasteiger partial charge in [0.15, 0.2) is 5.78 Å². The molecule has 4 nitrogen and oxygen atoms in total. The van der Waals surface area contributed by atoms with Crippen LogP contribution in [0.25, 0.3) is 11.4 Å². The molecule has 27 heavy (non-hydrogen) atoms. The van der Waals surface area contributed by atoms with E-state index in [-0.39, 0.29) is 17.4 Å². The molecule has 0 atom stereocenters. The largest absolute Gasteiger partial charge is 0.471 e. The number of rotatable bonds is 5. The molecule has 3 rings (SSSR count). The van der Waals surface area contributed by atoms with E-state index in [1.54, 1.807) is 18.2 Å². The van der Waals surface area contributed by atoms with Gasteiger partial charge in [-0.05, 0) is 18.2 Å². The summed E-state index contributed by atoms with van der Waals surface area (Å²) in [6.45, 7) is 0. The maximum Gasteiger partial charge on any atom is 0.471 e. The van der Waals surface area contributed by atoms with Crippen LogP contribution >= 0.6 is 35.0 Å². The first-order valence-electron chi connectivity index (χ1n) is 7.36. The van der Waals surface area contributed by atoms with Gasteiger partial charge in [0.25, 0.3) is 0 Å². The van der Waals surface area contributed by atoms with Crippen molar-refractivity contribution in [1.29, 1.82) is 0 Å². The third-order valence-corrected chi connectivity index (χ3v) is 5.13. The predicted octanol–water partition coefficient (Wildman–Crippen LogP) is 6.04. The van der Waals surface area contributed by atoms with Crippen LogP contribution < -0.4 is 0 Å². The summed E-state index contributed by atoms with van der Waals surface area (Å²) in [4.78, 5) is 16.4. The molecule has 0 spiro atoms. The maximum atomic E-state index is 12.5. The summed E-state index contributed by atoms with van der Waals surface area (Å²) in [5.41, 5.74) is 0.716. The van der Waals surface area contributed by atoms with Gasteiger partial charge in [-0.25, -0.2) is 0 Å².